The fourth-order valence-corrected chi connectivity index (χ4v) is 2.26. The van der Waals surface area contributed by atoms with Crippen LogP contribution in [0.25, 0.3) is 11.0 Å². The van der Waals surface area contributed by atoms with Gasteiger partial charge in [-0.2, -0.15) is 0 Å². The summed E-state index contributed by atoms with van der Waals surface area (Å²) in [5.74, 6) is 1.88. The second kappa shape index (κ2) is 3.66. The SMILES string of the molecule is c1ccc2[nH]c(CC3CCNC3)nc2c1. The monoisotopic (exact) mass is 201 g/mol. The van der Waals surface area contributed by atoms with Crippen LogP contribution in [0, 0.1) is 5.92 Å². The van der Waals surface area contributed by atoms with Crippen LogP contribution in [0.3, 0.4) is 0 Å². The van der Waals surface area contributed by atoms with E-state index in [0.717, 1.165) is 42.3 Å². The van der Waals surface area contributed by atoms with Crippen LogP contribution in [0.4, 0.5) is 0 Å². The number of nitrogens with one attached hydrogen (secondary N) is 2. The largest absolute Gasteiger partial charge is 0.342 e. The van der Waals surface area contributed by atoms with Gasteiger partial charge in [0.2, 0.25) is 0 Å². The molecule has 1 fully saturated rings. The fourth-order valence-electron chi connectivity index (χ4n) is 2.26. The zero-order valence-electron chi connectivity index (χ0n) is 8.66. The maximum absolute atomic E-state index is 4.59. The van der Waals surface area contributed by atoms with Gasteiger partial charge in [0.15, 0.2) is 0 Å². The molecule has 1 aliphatic heterocycles. The number of aromatic amines is 1. The van der Waals surface area contributed by atoms with Gasteiger partial charge in [-0.1, -0.05) is 12.1 Å². The lowest BCUT2D eigenvalue weighted by Gasteiger charge is -2.03. The third-order valence-electron chi connectivity index (χ3n) is 3.08. The van der Waals surface area contributed by atoms with Crippen LogP contribution in [0.1, 0.15) is 12.2 Å². The molecular weight excluding hydrogens is 186 g/mol. The van der Waals surface area contributed by atoms with Crippen molar-refractivity contribution in [1.82, 2.24) is 15.3 Å². The van der Waals surface area contributed by atoms with Crippen molar-refractivity contribution in [3.8, 4) is 0 Å². The van der Waals surface area contributed by atoms with Crippen molar-refractivity contribution in [3.05, 3.63) is 30.1 Å². The van der Waals surface area contributed by atoms with Gasteiger partial charge in [0.1, 0.15) is 5.82 Å². The number of hydrogen-bond acceptors (Lipinski definition) is 2. The number of rotatable bonds is 2. The van der Waals surface area contributed by atoms with Crippen molar-refractivity contribution in [2.24, 2.45) is 5.92 Å². The predicted molar refractivity (Wildman–Crippen MR) is 60.8 cm³/mol. The van der Waals surface area contributed by atoms with E-state index in [9.17, 15) is 0 Å². The number of aromatic nitrogens is 2. The molecule has 0 amide bonds. The summed E-state index contributed by atoms with van der Waals surface area (Å²) in [7, 11) is 0. The predicted octanol–water partition coefficient (Wildman–Crippen LogP) is 1.71. The Morgan fingerprint density at radius 1 is 1.33 bits per heavy atom. The highest BCUT2D eigenvalue weighted by Crippen LogP contribution is 2.16. The molecule has 1 aromatic carbocycles. The van der Waals surface area contributed by atoms with E-state index in [1.54, 1.807) is 0 Å². The molecule has 0 saturated carbocycles. The van der Waals surface area contributed by atoms with Crippen molar-refractivity contribution in [2.45, 2.75) is 12.8 Å². The van der Waals surface area contributed by atoms with Gasteiger partial charge in [0, 0.05) is 6.42 Å². The van der Waals surface area contributed by atoms with Gasteiger partial charge in [-0.3, -0.25) is 0 Å². The number of benzene rings is 1. The van der Waals surface area contributed by atoms with Crippen molar-refractivity contribution >= 4 is 11.0 Å². The summed E-state index contributed by atoms with van der Waals surface area (Å²) in [6.45, 7) is 2.29. The molecular formula is C12H15N3. The first-order valence-corrected chi connectivity index (χ1v) is 5.56. The summed E-state index contributed by atoms with van der Waals surface area (Å²) in [6, 6.07) is 8.21. The Balaban J connectivity index is 1.84. The molecule has 2 N–H and O–H groups in total. The minimum atomic E-state index is 0.755. The summed E-state index contributed by atoms with van der Waals surface area (Å²) in [4.78, 5) is 7.98. The molecule has 1 unspecified atom stereocenters. The van der Waals surface area contributed by atoms with E-state index >= 15 is 0 Å². The van der Waals surface area contributed by atoms with Crippen LogP contribution >= 0.6 is 0 Å². The molecule has 1 saturated heterocycles. The second-order valence-electron chi connectivity index (χ2n) is 4.26. The number of para-hydroxylation sites is 2. The Morgan fingerprint density at radius 3 is 3.07 bits per heavy atom. The summed E-state index contributed by atoms with van der Waals surface area (Å²) < 4.78 is 0. The average molecular weight is 201 g/mol. The van der Waals surface area contributed by atoms with Crippen LogP contribution < -0.4 is 5.32 Å². The van der Waals surface area contributed by atoms with E-state index in [1.165, 1.54) is 6.42 Å². The van der Waals surface area contributed by atoms with Gasteiger partial charge >= 0.3 is 0 Å². The molecule has 1 aliphatic rings. The van der Waals surface area contributed by atoms with Gasteiger partial charge in [-0.25, -0.2) is 4.98 Å². The highest BCUT2D eigenvalue weighted by molar-refractivity contribution is 5.74. The first kappa shape index (κ1) is 8.92. The zero-order valence-corrected chi connectivity index (χ0v) is 8.66. The molecule has 78 valence electrons. The smallest absolute Gasteiger partial charge is 0.107 e. The molecule has 0 spiro atoms. The van der Waals surface area contributed by atoms with Crippen LogP contribution in [0.2, 0.25) is 0 Å². The molecule has 3 rings (SSSR count). The van der Waals surface area contributed by atoms with Crippen LogP contribution in [-0.2, 0) is 6.42 Å². The number of hydrogen-bond donors (Lipinski definition) is 2. The fraction of sp³-hybridized carbons (Fsp3) is 0.417. The Bertz CT molecular complexity index is 422. The number of fused-ring (bicyclic) bond motifs is 1. The molecule has 3 heteroatoms. The van der Waals surface area contributed by atoms with Crippen molar-refractivity contribution in [2.75, 3.05) is 13.1 Å². The van der Waals surface area contributed by atoms with Crippen LogP contribution in [0.5, 0.6) is 0 Å². The van der Waals surface area contributed by atoms with E-state index < -0.39 is 0 Å². The van der Waals surface area contributed by atoms with E-state index in [-0.39, 0.29) is 0 Å². The quantitative estimate of drug-likeness (QED) is 0.776. The van der Waals surface area contributed by atoms with Gasteiger partial charge in [-0.15, -0.1) is 0 Å². The third-order valence-corrected chi connectivity index (χ3v) is 3.08. The minimum Gasteiger partial charge on any atom is -0.342 e. The molecule has 3 nitrogen and oxygen atoms in total. The Labute approximate surface area is 88.9 Å². The topological polar surface area (TPSA) is 40.7 Å². The van der Waals surface area contributed by atoms with Crippen LogP contribution in [0.15, 0.2) is 24.3 Å². The summed E-state index contributed by atoms with van der Waals surface area (Å²) >= 11 is 0. The normalized spacial score (nSPS) is 21.2. The first-order valence-electron chi connectivity index (χ1n) is 5.56. The van der Waals surface area contributed by atoms with Crippen molar-refractivity contribution in [3.63, 3.8) is 0 Å². The van der Waals surface area contributed by atoms with Gasteiger partial charge in [-0.05, 0) is 37.6 Å². The summed E-state index contributed by atoms with van der Waals surface area (Å²) in [5, 5.41) is 3.38. The van der Waals surface area contributed by atoms with E-state index in [4.69, 9.17) is 0 Å². The van der Waals surface area contributed by atoms with Gasteiger partial charge in [0.05, 0.1) is 11.0 Å². The molecule has 0 aliphatic carbocycles. The molecule has 1 aromatic heterocycles. The lowest BCUT2D eigenvalue weighted by atomic mass is 10.1. The minimum absolute atomic E-state index is 0.755. The molecule has 0 bridgehead atoms. The van der Waals surface area contributed by atoms with E-state index in [1.807, 2.05) is 12.1 Å². The maximum Gasteiger partial charge on any atom is 0.107 e. The Hall–Kier alpha value is -1.35. The molecule has 0 radical (unpaired) electrons. The Morgan fingerprint density at radius 2 is 2.27 bits per heavy atom. The van der Waals surface area contributed by atoms with Crippen molar-refractivity contribution in [1.29, 1.82) is 0 Å². The number of imidazole rings is 1. The van der Waals surface area contributed by atoms with Gasteiger partial charge < -0.3 is 10.3 Å². The summed E-state index contributed by atoms with van der Waals surface area (Å²) in [6.07, 6.45) is 2.35. The lowest BCUT2D eigenvalue weighted by Crippen LogP contribution is -2.11. The summed E-state index contributed by atoms with van der Waals surface area (Å²) in [5.41, 5.74) is 2.23. The highest BCUT2D eigenvalue weighted by atomic mass is 14.9. The van der Waals surface area contributed by atoms with Crippen molar-refractivity contribution < 1.29 is 0 Å². The van der Waals surface area contributed by atoms with E-state index in [2.05, 4.69) is 27.4 Å². The number of nitrogens with zero attached hydrogens (tertiary/aromatic N) is 1. The molecule has 2 heterocycles. The first-order chi connectivity index (χ1) is 7.42. The standard InChI is InChI=1S/C12H15N3/c1-2-4-11-10(3-1)14-12(15-11)7-9-5-6-13-8-9/h1-4,9,13H,5-8H2,(H,14,15). The second-order valence-corrected chi connectivity index (χ2v) is 4.26. The third kappa shape index (κ3) is 1.75. The molecule has 15 heavy (non-hydrogen) atoms. The van der Waals surface area contributed by atoms with Crippen LogP contribution in [-0.4, -0.2) is 23.1 Å². The highest BCUT2D eigenvalue weighted by Gasteiger charge is 2.16. The average Bonchev–Trinajstić information content (AvgIpc) is 2.86. The molecule has 2 aromatic rings. The maximum atomic E-state index is 4.59. The lowest BCUT2D eigenvalue weighted by molar-refractivity contribution is 0.565. The molecule has 1 atom stereocenters. The Kier molecular flexibility index (Phi) is 2.18. The number of H-pyrrole nitrogens is 1. The van der Waals surface area contributed by atoms with Gasteiger partial charge in [0.25, 0.3) is 0 Å². The van der Waals surface area contributed by atoms with E-state index in [0.29, 0.717) is 0 Å². The zero-order chi connectivity index (χ0) is 10.1.